The second-order valence-corrected chi connectivity index (χ2v) is 15.3. The molecule has 0 saturated heterocycles. The number of rotatable bonds is 8. The average molecular weight is 765 g/mol. The Balaban J connectivity index is 1.09. The fourth-order valence-electron chi connectivity index (χ4n) is 9.06. The molecule has 0 amide bonds. The molecule has 0 fully saturated rings. The molecule has 0 radical (unpaired) electrons. The summed E-state index contributed by atoms with van der Waals surface area (Å²) in [6.45, 7) is 0. The first-order chi connectivity index (χ1) is 29.8. The van der Waals surface area contributed by atoms with Crippen LogP contribution in [0.4, 0.5) is 17.1 Å². The Morgan fingerprint density at radius 1 is 0.300 bits per heavy atom. The van der Waals surface area contributed by atoms with E-state index < -0.39 is 0 Å². The molecular formula is C58H40N2. The summed E-state index contributed by atoms with van der Waals surface area (Å²) in [5.74, 6) is 0. The topological polar surface area (TPSA) is 8.17 Å². The van der Waals surface area contributed by atoms with Gasteiger partial charge in [-0.1, -0.05) is 194 Å². The summed E-state index contributed by atoms with van der Waals surface area (Å²) in [4.78, 5) is 2.39. The molecule has 2 heteroatoms. The molecule has 0 aliphatic carbocycles. The molecule has 0 aliphatic rings. The minimum Gasteiger partial charge on any atom is -0.310 e. The van der Waals surface area contributed by atoms with Crippen molar-refractivity contribution in [2.75, 3.05) is 4.90 Å². The van der Waals surface area contributed by atoms with Crippen molar-refractivity contribution in [1.29, 1.82) is 0 Å². The summed E-state index contributed by atoms with van der Waals surface area (Å²) in [5.41, 5.74) is 16.3. The largest absolute Gasteiger partial charge is 0.310 e. The van der Waals surface area contributed by atoms with Gasteiger partial charge >= 0.3 is 0 Å². The van der Waals surface area contributed by atoms with E-state index in [-0.39, 0.29) is 0 Å². The van der Waals surface area contributed by atoms with Crippen LogP contribution in [0.25, 0.3) is 82.8 Å². The SMILES string of the molecule is c1ccc(-c2ccc(N(c3ccc(-c4cccc(-n5c6ccccc6c6c7ccccc7ccc65)c4-c4ccccc4)cc3)c3ccccc3-c3ccccc3)cc2)cc1. The highest BCUT2D eigenvalue weighted by molar-refractivity contribution is 6.21. The van der Waals surface area contributed by atoms with Crippen molar-refractivity contribution in [2.24, 2.45) is 0 Å². The summed E-state index contributed by atoms with van der Waals surface area (Å²) in [6.07, 6.45) is 0. The molecule has 11 aromatic rings. The molecule has 1 heterocycles. The van der Waals surface area contributed by atoms with Gasteiger partial charge in [0.2, 0.25) is 0 Å². The van der Waals surface area contributed by atoms with E-state index in [0.717, 1.165) is 28.3 Å². The summed E-state index contributed by atoms with van der Waals surface area (Å²) in [6, 6.07) is 87.8. The molecule has 0 atom stereocenters. The molecule has 0 aliphatic heterocycles. The van der Waals surface area contributed by atoms with E-state index in [1.807, 2.05) is 0 Å². The lowest BCUT2D eigenvalue weighted by atomic mass is 9.92. The van der Waals surface area contributed by atoms with Gasteiger partial charge in [-0.15, -0.1) is 0 Å². The summed E-state index contributed by atoms with van der Waals surface area (Å²) in [7, 11) is 0. The quantitative estimate of drug-likeness (QED) is 0.150. The first kappa shape index (κ1) is 35.2. The summed E-state index contributed by atoms with van der Waals surface area (Å²) in [5, 5.41) is 5.06. The number of aromatic nitrogens is 1. The zero-order valence-electron chi connectivity index (χ0n) is 33.0. The van der Waals surface area contributed by atoms with E-state index in [1.165, 1.54) is 71.5 Å². The van der Waals surface area contributed by atoms with Crippen LogP contribution in [0.3, 0.4) is 0 Å². The molecule has 0 unspecified atom stereocenters. The standard InChI is InChI=1S/C58H40N2/c1-4-17-41(18-5-1)42-31-36-47(37-32-42)59(53-28-14-12-24-49(53)43-19-6-2-7-20-43)48-38-33-45(34-39-48)50-27-16-30-55(57(50)46-22-8-3-9-23-46)60-54-29-15-13-26-52(54)58-51-25-11-10-21-44(51)35-40-56(58)60/h1-40H. The van der Waals surface area contributed by atoms with Gasteiger partial charge in [0.15, 0.2) is 0 Å². The number of fused-ring (bicyclic) bond motifs is 5. The minimum absolute atomic E-state index is 1.08. The van der Waals surface area contributed by atoms with E-state index >= 15 is 0 Å². The van der Waals surface area contributed by atoms with Crippen LogP contribution in [0.5, 0.6) is 0 Å². The Bertz CT molecular complexity index is 3270. The number of benzene rings is 10. The van der Waals surface area contributed by atoms with Crippen LogP contribution >= 0.6 is 0 Å². The maximum Gasteiger partial charge on any atom is 0.0547 e. The molecule has 282 valence electrons. The van der Waals surface area contributed by atoms with Crippen LogP contribution in [0.1, 0.15) is 0 Å². The lowest BCUT2D eigenvalue weighted by molar-refractivity contribution is 1.18. The van der Waals surface area contributed by atoms with Crippen molar-refractivity contribution in [2.45, 2.75) is 0 Å². The van der Waals surface area contributed by atoms with Crippen LogP contribution < -0.4 is 4.90 Å². The number of hydrogen-bond donors (Lipinski definition) is 0. The van der Waals surface area contributed by atoms with Crippen molar-refractivity contribution < 1.29 is 0 Å². The number of nitrogens with zero attached hydrogens (tertiary/aromatic N) is 2. The van der Waals surface area contributed by atoms with Crippen molar-refractivity contribution in [3.05, 3.63) is 243 Å². The van der Waals surface area contributed by atoms with Gasteiger partial charge < -0.3 is 9.47 Å². The first-order valence-corrected chi connectivity index (χ1v) is 20.6. The fourth-order valence-corrected chi connectivity index (χ4v) is 9.06. The molecule has 10 aromatic carbocycles. The predicted molar refractivity (Wildman–Crippen MR) is 255 cm³/mol. The Labute approximate surface area is 350 Å². The second kappa shape index (κ2) is 15.1. The van der Waals surface area contributed by atoms with Crippen LogP contribution in [0.2, 0.25) is 0 Å². The van der Waals surface area contributed by atoms with Crippen molar-refractivity contribution in [3.8, 4) is 50.2 Å². The molecule has 2 nitrogen and oxygen atoms in total. The van der Waals surface area contributed by atoms with Gasteiger partial charge in [0.1, 0.15) is 0 Å². The van der Waals surface area contributed by atoms with Crippen LogP contribution in [-0.2, 0) is 0 Å². The van der Waals surface area contributed by atoms with Gasteiger partial charge in [-0.3, -0.25) is 0 Å². The normalized spacial score (nSPS) is 11.3. The van der Waals surface area contributed by atoms with Crippen LogP contribution in [0, 0.1) is 0 Å². The maximum absolute atomic E-state index is 2.47. The Hall–Kier alpha value is -7.94. The molecule has 0 saturated carbocycles. The van der Waals surface area contributed by atoms with Gasteiger partial charge in [-0.25, -0.2) is 0 Å². The third-order valence-electron chi connectivity index (χ3n) is 11.8. The van der Waals surface area contributed by atoms with Gasteiger partial charge in [-0.05, 0) is 92.7 Å². The van der Waals surface area contributed by atoms with E-state index in [2.05, 4.69) is 252 Å². The Kier molecular flexibility index (Phi) is 8.87. The molecule has 0 N–H and O–H groups in total. The van der Waals surface area contributed by atoms with Crippen molar-refractivity contribution in [3.63, 3.8) is 0 Å². The van der Waals surface area contributed by atoms with Crippen molar-refractivity contribution in [1.82, 2.24) is 4.57 Å². The van der Waals surface area contributed by atoms with E-state index in [9.17, 15) is 0 Å². The van der Waals surface area contributed by atoms with Gasteiger partial charge in [0.05, 0.1) is 22.4 Å². The zero-order valence-corrected chi connectivity index (χ0v) is 33.0. The molecule has 0 spiro atoms. The molecular weight excluding hydrogens is 725 g/mol. The highest BCUT2D eigenvalue weighted by Crippen LogP contribution is 2.45. The third kappa shape index (κ3) is 6.14. The molecule has 60 heavy (non-hydrogen) atoms. The minimum atomic E-state index is 1.08. The number of para-hydroxylation sites is 2. The highest BCUT2D eigenvalue weighted by Gasteiger charge is 2.21. The van der Waals surface area contributed by atoms with Crippen LogP contribution in [0.15, 0.2) is 243 Å². The zero-order chi connectivity index (χ0) is 39.8. The number of hydrogen-bond acceptors (Lipinski definition) is 1. The maximum atomic E-state index is 2.47. The van der Waals surface area contributed by atoms with E-state index in [4.69, 9.17) is 0 Å². The molecule has 0 bridgehead atoms. The smallest absolute Gasteiger partial charge is 0.0547 e. The van der Waals surface area contributed by atoms with Gasteiger partial charge in [0, 0.05) is 33.3 Å². The van der Waals surface area contributed by atoms with E-state index in [0.29, 0.717) is 0 Å². The lowest BCUT2D eigenvalue weighted by Crippen LogP contribution is -2.11. The van der Waals surface area contributed by atoms with E-state index in [1.54, 1.807) is 0 Å². The monoisotopic (exact) mass is 764 g/mol. The number of anilines is 3. The van der Waals surface area contributed by atoms with Gasteiger partial charge in [-0.2, -0.15) is 0 Å². The predicted octanol–water partition coefficient (Wildman–Crippen LogP) is 16.1. The lowest BCUT2D eigenvalue weighted by Gasteiger charge is -2.28. The van der Waals surface area contributed by atoms with Crippen molar-refractivity contribution >= 4 is 49.6 Å². The first-order valence-electron chi connectivity index (χ1n) is 20.6. The fraction of sp³-hybridized carbons (Fsp3) is 0. The Morgan fingerprint density at radius 3 is 1.53 bits per heavy atom. The summed E-state index contributed by atoms with van der Waals surface area (Å²) < 4.78 is 2.47. The molecule has 1 aromatic heterocycles. The molecule has 11 rings (SSSR count). The third-order valence-corrected chi connectivity index (χ3v) is 11.8. The highest BCUT2D eigenvalue weighted by atomic mass is 15.1. The summed E-state index contributed by atoms with van der Waals surface area (Å²) >= 11 is 0. The second-order valence-electron chi connectivity index (χ2n) is 15.3. The van der Waals surface area contributed by atoms with Crippen LogP contribution in [-0.4, -0.2) is 4.57 Å². The van der Waals surface area contributed by atoms with Gasteiger partial charge in [0.25, 0.3) is 0 Å². The average Bonchev–Trinajstić information content (AvgIpc) is 3.68. The Morgan fingerprint density at radius 2 is 0.817 bits per heavy atom.